The first kappa shape index (κ1) is 19.1. The van der Waals surface area contributed by atoms with Crippen molar-refractivity contribution in [2.75, 3.05) is 0 Å². The van der Waals surface area contributed by atoms with Gasteiger partial charge in [0.2, 0.25) is 0 Å². The van der Waals surface area contributed by atoms with Crippen LogP contribution in [0.2, 0.25) is 0 Å². The first-order valence-corrected chi connectivity index (χ1v) is 14.0. The topological polar surface area (TPSA) is 0 Å². The number of hydrogen-bond acceptors (Lipinski definition) is 0. The molecule has 0 nitrogen and oxygen atoms in total. The third kappa shape index (κ3) is 68.6. The minimum absolute atomic E-state index is 0. The van der Waals surface area contributed by atoms with Crippen LogP contribution in [0, 0.1) is 0 Å². The van der Waals surface area contributed by atoms with Crippen molar-refractivity contribution in [3.05, 3.63) is 0 Å². The maximum Gasteiger partial charge on any atom is 1.00 e. The van der Waals surface area contributed by atoms with E-state index < -0.39 is 7.66 Å². The van der Waals surface area contributed by atoms with E-state index in [0.29, 0.717) is 0 Å². The summed E-state index contributed by atoms with van der Waals surface area (Å²) in [6, 6.07) is 0. The van der Waals surface area contributed by atoms with Gasteiger partial charge in [0.1, 0.15) is 0 Å². The van der Waals surface area contributed by atoms with E-state index in [-0.39, 0.29) is 59.1 Å². The molecule has 0 aromatic rings. The van der Waals surface area contributed by atoms with Gasteiger partial charge in [-0.15, -0.1) is 0 Å². The molecule has 0 bridgehead atoms. The third-order valence-corrected chi connectivity index (χ3v) is 0. The minimum Gasteiger partial charge on any atom is 1.00 e. The molecular formula is Cl6Na2Ti. The van der Waals surface area contributed by atoms with Gasteiger partial charge in [0.15, 0.2) is 0 Å². The Kier molecular flexibility index (Phi) is 9.16. The fourth-order valence-corrected chi connectivity index (χ4v) is 0. The summed E-state index contributed by atoms with van der Waals surface area (Å²) >= 11 is 0. The zero-order valence-electron chi connectivity index (χ0n) is 4.77. The van der Waals surface area contributed by atoms with Crippen LogP contribution in [0.5, 0.6) is 0 Å². The Bertz CT molecular complexity index is 69.6. The molecule has 48 valence electrons. The Labute approximate surface area is 119 Å². The molecule has 9 heavy (non-hydrogen) atoms. The van der Waals surface area contributed by atoms with Gasteiger partial charge >= 0.3 is 123 Å². The zero-order valence-corrected chi connectivity index (χ0v) is 14.9. The maximum absolute atomic E-state index is 5.33. The number of rotatable bonds is 0. The Morgan fingerprint density at radius 1 is 0.556 bits per heavy atom. The molecule has 0 saturated heterocycles. The van der Waals surface area contributed by atoms with Gasteiger partial charge in [-0.25, -0.2) is 0 Å². The zero-order chi connectivity index (χ0) is 6.41. The normalized spacial score (nSPS) is 18.0. The minimum atomic E-state index is -5.33. The fraction of sp³-hybridized carbons (Fsp3) is 0. The van der Waals surface area contributed by atoms with E-state index in [4.69, 9.17) is 55.8 Å². The summed E-state index contributed by atoms with van der Waals surface area (Å²) in [5, 5.41) is 0. The Hall–Kier alpha value is 4.45. The van der Waals surface area contributed by atoms with E-state index in [1.807, 2.05) is 0 Å². The predicted octanol–water partition coefficient (Wildman–Crippen LogP) is -1.86. The average Bonchev–Trinajstić information content (AvgIpc) is 0.592. The van der Waals surface area contributed by atoms with Crippen LogP contribution in [-0.4, -0.2) is 0 Å². The summed E-state index contributed by atoms with van der Waals surface area (Å²) in [5.41, 5.74) is 0. The molecule has 0 heterocycles. The van der Waals surface area contributed by atoms with E-state index in [9.17, 15) is 0 Å². The van der Waals surface area contributed by atoms with Gasteiger partial charge in [0.25, 0.3) is 0 Å². The molecule has 0 unspecified atom stereocenters. The van der Waals surface area contributed by atoms with E-state index in [0.717, 1.165) is 0 Å². The Morgan fingerprint density at radius 3 is 0.556 bits per heavy atom. The Balaban J connectivity index is -0.000000180. The number of halogens is 6. The predicted molar refractivity (Wildman–Crippen MR) is 35.1 cm³/mol. The summed E-state index contributed by atoms with van der Waals surface area (Å²) in [7, 11) is 25.0. The van der Waals surface area contributed by atoms with Crippen LogP contribution in [0.1, 0.15) is 0 Å². The van der Waals surface area contributed by atoms with Gasteiger partial charge in [-0.1, -0.05) is 0 Å². The molecule has 0 atom stereocenters. The first-order valence-electron chi connectivity index (χ1n) is 1.13. The van der Waals surface area contributed by atoms with Gasteiger partial charge in [0.05, 0.1) is 0 Å². The van der Waals surface area contributed by atoms with Crippen LogP contribution in [0.3, 0.4) is 0 Å². The summed E-state index contributed by atoms with van der Waals surface area (Å²) < 4.78 is 0. The van der Waals surface area contributed by atoms with Crippen LogP contribution < -0.4 is 59.1 Å². The maximum atomic E-state index is 5.06. The van der Waals surface area contributed by atoms with Gasteiger partial charge in [0, 0.05) is 0 Å². The number of hydrogen-bond donors (Lipinski definition) is 0. The summed E-state index contributed by atoms with van der Waals surface area (Å²) in [4.78, 5) is 0. The van der Waals surface area contributed by atoms with Crippen molar-refractivity contribution in [3.63, 3.8) is 0 Å². The monoisotopic (exact) mass is 304 g/mol. The first-order chi connectivity index (χ1) is 2.45. The Morgan fingerprint density at radius 2 is 0.556 bits per heavy atom. The van der Waals surface area contributed by atoms with Crippen LogP contribution >= 0.6 is 55.8 Å². The summed E-state index contributed by atoms with van der Waals surface area (Å²) in [5.74, 6) is 0. The third-order valence-electron chi connectivity index (χ3n) is 0. The van der Waals surface area contributed by atoms with Crippen LogP contribution in [0.15, 0.2) is 0 Å². The molecular weight excluding hydrogens is 307 g/mol. The van der Waals surface area contributed by atoms with E-state index >= 15 is 0 Å². The van der Waals surface area contributed by atoms with E-state index in [1.54, 1.807) is 0 Å². The van der Waals surface area contributed by atoms with Gasteiger partial charge < -0.3 is 0 Å². The molecule has 9 heteroatoms. The molecule has 0 rings (SSSR count). The second-order valence-electron chi connectivity index (χ2n) is 1.07. The molecule has 0 fully saturated rings. The van der Waals surface area contributed by atoms with Crippen molar-refractivity contribution in [2.45, 2.75) is 0 Å². The van der Waals surface area contributed by atoms with Crippen molar-refractivity contribution >= 4 is 55.8 Å². The van der Waals surface area contributed by atoms with Crippen molar-refractivity contribution < 1.29 is 66.8 Å². The van der Waals surface area contributed by atoms with Crippen molar-refractivity contribution in [1.29, 1.82) is 0 Å². The van der Waals surface area contributed by atoms with Gasteiger partial charge in [-0.3, -0.25) is 0 Å². The smallest absolute Gasteiger partial charge is 1.00 e. The second kappa shape index (κ2) is 4.32. The van der Waals surface area contributed by atoms with E-state index in [2.05, 4.69) is 0 Å². The largest absolute Gasteiger partial charge is 1.00 e. The fourth-order valence-electron chi connectivity index (χ4n) is 0. The molecule has 0 saturated carbocycles. The van der Waals surface area contributed by atoms with E-state index in [1.165, 1.54) is 0 Å². The van der Waals surface area contributed by atoms with Crippen molar-refractivity contribution in [3.8, 4) is 0 Å². The van der Waals surface area contributed by atoms with Gasteiger partial charge in [-0.2, -0.15) is 0 Å². The molecule has 0 aliphatic heterocycles. The van der Waals surface area contributed by atoms with Crippen molar-refractivity contribution in [1.82, 2.24) is 0 Å². The molecule has 0 aliphatic rings. The second-order valence-corrected chi connectivity index (χ2v) is 39.8. The van der Waals surface area contributed by atoms with Crippen LogP contribution in [0.25, 0.3) is 0 Å². The van der Waals surface area contributed by atoms with Gasteiger partial charge in [-0.05, 0) is 0 Å². The molecule has 0 radical (unpaired) electrons. The molecule has 0 aromatic carbocycles. The van der Waals surface area contributed by atoms with Crippen molar-refractivity contribution in [2.24, 2.45) is 0 Å². The molecule has 0 amide bonds. The molecule has 0 aliphatic carbocycles. The van der Waals surface area contributed by atoms with Crippen LogP contribution in [0.4, 0.5) is 0 Å². The summed E-state index contributed by atoms with van der Waals surface area (Å²) in [6.45, 7) is 0. The summed E-state index contributed by atoms with van der Waals surface area (Å²) in [6.07, 6.45) is 0. The molecule has 0 aromatic heterocycles. The standard InChI is InChI=1S/6ClH.2Na.Ti/h6*1H;;;/q;;;;;;2*+1;+4/p-6. The van der Waals surface area contributed by atoms with Crippen LogP contribution in [-0.2, 0) is 7.66 Å². The quantitative estimate of drug-likeness (QED) is 0.461. The average molecular weight is 307 g/mol. The SMILES string of the molecule is [Cl][Ti-2]([Cl])([Cl])([Cl])([Cl])[Cl].[Na+].[Na+]. The molecule has 0 N–H and O–H groups in total. The molecule has 0 spiro atoms.